The number of anilines is 3. The Labute approximate surface area is 149 Å². The molecule has 0 aromatic heterocycles. The summed E-state index contributed by atoms with van der Waals surface area (Å²) in [5.41, 5.74) is 11.0. The highest BCUT2D eigenvalue weighted by molar-refractivity contribution is 6.11. The highest BCUT2D eigenvalue weighted by Gasteiger charge is 2.59. The molecule has 0 radical (unpaired) electrons. The van der Waals surface area contributed by atoms with E-state index in [1.165, 1.54) is 5.56 Å². The quantitative estimate of drug-likeness (QED) is 0.822. The lowest BCUT2D eigenvalue weighted by atomic mass is 9.96. The molecule has 4 rings (SSSR count). The van der Waals surface area contributed by atoms with Gasteiger partial charge in [0.2, 0.25) is 5.91 Å². The minimum Gasteiger partial charge on any atom is -0.397 e. The third-order valence-electron chi connectivity index (χ3n) is 5.51. The number of benzene rings is 2. The van der Waals surface area contributed by atoms with E-state index in [9.17, 15) is 4.79 Å². The molecule has 1 saturated carbocycles. The van der Waals surface area contributed by atoms with E-state index < -0.39 is 0 Å². The maximum atomic E-state index is 12.9. The van der Waals surface area contributed by atoms with Gasteiger partial charge in [-0.15, -0.1) is 0 Å². The lowest BCUT2D eigenvalue weighted by molar-refractivity contribution is -0.120. The molecule has 0 bridgehead atoms. The zero-order valence-corrected chi connectivity index (χ0v) is 15.0. The molecule has 1 atom stereocenters. The van der Waals surface area contributed by atoms with E-state index in [-0.39, 0.29) is 23.4 Å². The van der Waals surface area contributed by atoms with E-state index in [1.54, 1.807) is 0 Å². The standard InChI is InChI=1S/C21H25N3O/c1-13(2)24-19-12-18(23-14(3)15-7-5-4-6-8-15)17(22)11-16(19)21(9-10-21)20(24)25/h4-8,11-14,23H,9-10,22H2,1-3H3. The molecule has 2 aromatic carbocycles. The number of nitrogens with one attached hydrogen (secondary N) is 1. The molecule has 130 valence electrons. The van der Waals surface area contributed by atoms with Gasteiger partial charge >= 0.3 is 0 Å². The van der Waals surface area contributed by atoms with Crippen molar-refractivity contribution in [2.75, 3.05) is 16.0 Å². The van der Waals surface area contributed by atoms with Crippen LogP contribution in [0.5, 0.6) is 0 Å². The summed E-state index contributed by atoms with van der Waals surface area (Å²) in [6.07, 6.45) is 1.88. The van der Waals surface area contributed by atoms with E-state index in [0.29, 0.717) is 5.69 Å². The molecule has 4 heteroatoms. The van der Waals surface area contributed by atoms with Crippen molar-refractivity contribution in [2.45, 2.75) is 51.1 Å². The maximum Gasteiger partial charge on any atom is 0.237 e. The summed E-state index contributed by atoms with van der Waals surface area (Å²) in [5, 5.41) is 3.52. The van der Waals surface area contributed by atoms with Crippen molar-refractivity contribution in [2.24, 2.45) is 0 Å². The monoisotopic (exact) mass is 335 g/mol. The van der Waals surface area contributed by atoms with Crippen molar-refractivity contribution in [1.29, 1.82) is 0 Å². The molecule has 2 aromatic rings. The Bertz CT molecular complexity index is 825. The molecule has 3 N–H and O–H groups in total. The van der Waals surface area contributed by atoms with Crippen LogP contribution in [-0.4, -0.2) is 11.9 Å². The van der Waals surface area contributed by atoms with Crippen LogP contribution in [0.1, 0.15) is 50.8 Å². The van der Waals surface area contributed by atoms with Crippen LogP contribution in [0.25, 0.3) is 0 Å². The van der Waals surface area contributed by atoms with Crippen LogP contribution >= 0.6 is 0 Å². The Morgan fingerprint density at radius 2 is 1.80 bits per heavy atom. The summed E-state index contributed by atoms with van der Waals surface area (Å²) in [6, 6.07) is 14.7. The molecule has 1 fully saturated rings. The van der Waals surface area contributed by atoms with Crippen molar-refractivity contribution < 1.29 is 4.79 Å². The summed E-state index contributed by atoms with van der Waals surface area (Å²) < 4.78 is 0. The fourth-order valence-corrected chi connectivity index (χ4v) is 3.95. The van der Waals surface area contributed by atoms with Gasteiger partial charge in [0.05, 0.1) is 22.5 Å². The Kier molecular flexibility index (Phi) is 3.53. The molecule has 4 nitrogen and oxygen atoms in total. The number of carbonyl (C=O) groups is 1. The molecule has 1 heterocycles. The number of fused-ring (bicyclic) bond motifs is 2. The van der Waals surface area contributed by atoms with Gasteiger partial charge in [-0.05, 0) is 56.9 Å². The number of hydrogen-bond donors (Lipinski definition) is 2. The van der Waals surface area contributed by atoms with Gasteiger partial charge in [-0.25, -0.2) is 0 Å². The fraction of sp³-hybridized carbons (Fsp3) is 0.381. The molecule has 2 aliphatic rings. The summed E-state index contributed by atoms with van der Waals surface area (Å²) in [6.45, 7) is 6.26. The first kappa shape index (κ1) is 16.0. The number of carbonyl (C=O) groups excluding carboxylic acids is 1. The second-order valence-corrected chi connectivity index (χ2v) is 7.58. The number of nitrogens with zero attached hydrogens (tertiary/aromatic N) is 1. The first-order valence-electron chi connectivity index (χ1n) is 9.03. The summed E-state index contributed by atoms with van der Waals surface area (Å²) in [7, 11) is 0. The number of amides is 1. The van der Waals surface area contributed by atoms with Crippen molar-refractivity contribution in [3.8, 4) is 0 Å². The molecule has 0 saturated heterocycles. The van der Waals surface area contributed by atoms with E-state index in [2.05, 4.69) is 44.3 Å². The van der Waals surface area contributed by atoms with Crippen LogP contribution in [-0.2, 0) is 10.2 Å². The second-order valence-electron chi connectivity index (χ2n) is 7.58. The van der Waals surface area contributed by atoms with Crippen LogP contribution in [0.4, 0.5) is 17.1 Å². The van der Waals surface area contributed by atoms with Crippen molar-refractivity contribution in [3.63, 3.8) is 0 Å². The predicted molar refractivity (Wildman–Crippen MR) is 103 cm³/mol. The van der Waals surface area contributed by atoms with Crippen molar-refractivity contribution in [3.05, 3.63) is 53.6 Å². The number of hydrogen-bond acceptors (Lipinski definition) is 3. The SMILES string of the molecule is CC(Nc1cc2c(cc1N)C1(CC1)C(=O)N2C(C)C)c1ccccc1. The lowest BCUT2D eigenvalue weighted by Crippen LogP contribution is -2.37. The second kappa shape index (κ2) is 5.51. The molecule has 1 unspecified atom stereocenters. The van der Waals surface area contributed by atoms with Crippen LogP contribution in [0.3, 0.4) is 0 Å². The first-order chi connectivity index (χ1) is 11.9. The maximum absolute atomic E-state index is 12.9. The van der Waals surface area contributed by atoms with E-state index >= 15 is 0 Å². The molecular formula is C21H25N3O. The number of nitrogen functional groups attached to an aromatic ring is 1. The summed E-state index contributed by atoms with van der Waals surface area (Å²) in [4.78, 5) is 14.9. The van der Waals surface area contributed by atoms with Gasteiger partial charge in [0, 0.05) is 12.1 Å². The average Bonchev–Trinajstić information content (AvgIpc) is 3.35. The van der Waals surface area contributed by atoms with Gasteiger partial charge in [-0.1, -0.05) is 30.3 Å². The lowest BCUT2D eigenvalue weighted by Gasteiger charge is -2.24. The third kappa shape index (κ3) is 2.39. The highest BCUT2D eigenvalue weighted by Crippen LogP contribution is 2.59. The predicted octanol–water partition coefficient (Wildman–Crippen LogP) is 4.23. The van der Waals surface area contributed by atoms with E-state index in [0.717, 1.165) is 29.8 Å². The van der Waals surface area contributed by atoms with Gasteiger partial charge in [0.15, 0.2) is 0 Å². The summed E-state index contributed by atoms with van der Waals surface area (Å²) in [5.74, 6) is 0.241. The Hall–Kier alpha value is -2.49. The minimum atomic E-state index is -0.294. The van der Waals surface area contributed by atoms with Gasteiger partial charge in [0.25, 0.3) is 0 Å². The van der Waals surface area contributed by atoms with Crippen LogP contribution in [0, 0.1) is 0 Å². The smallest absolute Gasteiger partial charge is 0.237 e. The fourth-order valence-electron chi connectivity index (χ4n) is 3.95. The largest absolute Gasteiger partial charge is 0.397 e. The van der Waals surface area contributed by atoms with Gasteiger partial charge < -0.3 is 16.0 Å². The average molecular weight is 335 g/mol. The van der Waals surface area contributed by atoms with Gasteiger partial charge in [-0.3, -0.25) is 4.79 Å². The van der Waals surface area contributed by atoms with Crippen LogP contribution in [0.2, 0.25) is 0 Å². The Morgan fingerprint density at radius 3 is 2.40 bits per heavy atom. The first-order valence-corrected chi connectivity index (χ1v) is 9.03. The Balaban J connectivity index is 1.71. The van der Waals surface area contributed by atoms with Gasteiger partial charge in [-0.2, -0.15) is 0 Å². The van der Waals surface area contributed by atoms with Crippen LogP contribution in [0.15, 0.2) is 42.5 Å². The minimum absolute atomic E-state index is 0.140. The van der Waals surface area contributed by atoms with Crippen molar-refractivity contribution in [1.82, 2.24) is 0 Å². The third-order valence-corrected chi connectivity index (χ3v) is 5.51. The van der Waals surface area contributed by atoms with E-state index in [4.69, 9.17) is 5.73 Å². The Morgan fingerprint density at radius 1 is 1.12 bits per heavy atom. The molecule has 1 spiro atoms. The van der Waals surface area contributed by atoms with Gasteiger partial charge in [0.1, 0.15) is 0 Å². The molecule has 1 amide bonds. The number of nitrogens with two attached hydrogens (primary N) is 1. The van der Waals surface area contributed by atoms with Crippen LogP contribution < -0.4 is 16.0 Å². The van der Waals surface area contributed by atoms with Crippen molar-refractivity contribution >= 4 is 23.0 Å². The zero-order chi connectivity index (χ0) is 17.8. The molecule has 1 aliphatic heterocycles. The summed E-state index contributed by atoms with van der Waals surface area (Å²) >= 11 is 0. The number of rotatable bonds is 4. The normalized spacial score (nSPS) is 18.6. The zero-order valence-electron chi connectivity index (χ0n) is 15.0. The van der Waals surface area contributed by atoms with E-state index in [1.807, 2.05) is 29.2 Å². The highest BCUT2D eigenvalue weighted by atomic mass is 16.2. The molecular weight excluding hydrogens is 310 g/mol. The molecule has 25 heavy (non-hydrogen) atoms. The topological polar surface area (TPSA) is 58.4 Å². The molecule has 1 aliphatic carbocycles.